The van der Waals surface area contributed by atoms with Gasteiger partial charge in [-0.2, -0.15) is 0 Å². The van der Waals surface area contributed by atoms with Gasteiger partial charge in [-0.1, -0.05) is 50.2 Å². The summed E-state index contributed by atoms with van der Waals surface area (Å²) >= 11 is 0. The molecule has 2 amide bonds. The molecule has 0 unspecified atom stereocenters. The zero-order valence-electron chi connectivity index (χ0n) is 17.3. The van der Waals surface area contributed by atoms with Crippen LogP contribution in [0.4, 0.5) is 11.5 Å². The maximum absolute atomic E-state index is 12.7. The maximum Gasteiger partial charge on any atom is 0.233 e. The highest BCUT2D eigenvalue weighted by atomic mass is 16.2. The predicted octanol–water partition coefficient (Wildman–Crippen LogP) is 4.31. The van der Waals surface area contributed by atoms with E-state index in [1.54, 1.807) is 11.1 Å². The summed E-state index contributed by atoms with van der Waals surface area (Å²) in [5.74, 6) is 1.50. The highest BCUT2D eigenvalue weighted by molar-refractivity contribution is 6.00. The molecule has 2 heterocycles. The minimum atomic E-state index is -0.129. The minimum Gasteiger partial charge on any atom is -0.326 e. The molecule has 152 valence electrons. The van der Waals surface area contributed by atoms with Crippen LogP contribution in [0.2, 0.25) is 0 Å². The Kier molecular flexibility index (Phi) is 5.31. The molecule has 0 atom stereocenters. The number of hydrogen-bond donors (Lipinski definition) is 1. The lowest BCUT2D eigenvalue weighted by Crippen LogP contribution is -2.26. The molecule has 30 heavy (non-hydrogen) atoms. The molecule has 2 aromatic carbocycles. The summed E-state index contributed by atoms with van der Waals surface area (Å²) in [7, 11) is 0. The van der Waals surface area contributed by atoms with Gasteiger partial charge >= 0.3 is 0 Å². The molecule has 0 aliphatic carbocycles. The lowest BCUT2D eigenvalue weighted by Gasteiger charge is -2.18. The van der Waals surface area contributed by atoms with Crippen LogP contribution in [0.15, 0.2) is 54.7 Å². The Labute approximate surface area is 176 Å². The molecule has 0 spiro atoms. The van der Waals surface area contributed by atoms with Crippen molar-refractivity contribution in [2.45, 2.75) is 39.7 Å². The van der Waals surface area contributed by atoms with Crippen molar-refractivity contribution in [3.05, 3.63) is 71.4 Å². The number of carbonyl (C=O) groups excluding carboxylic acids is 2. The second-order valence-electron chi connectivity index (χ2n) is 7.82. The van der Waals surface area contributed by atoms with Gasteiger partial charge in [0.1, 0.15) is 5.82 Å². The highest BCUT2D eigenvalue weighted by Crippen LogP contribution is 2.32. The molecule has 6 heteroatoms. The smallest absolute Gasteiger partial charge is 0.233 e. The van der Waals surface area contributed by atoms with Gasteiger partial charge in [0.15, 0.2) is 5.82 Å². The van der Waals surface area contributed by atoms with Crippen LogP contribution in [-0.4, -0.2) is 21.8 Å². The first-order valence-corrected chi connectivity index (χ1v) is 10.0. The molecule has 1 aliphatic heterocycles. The van der Waals surface area contributed by atoms with Gasteiger partial charge in [0, 0.05) is 29.9 Å². The highest BCUT2D eigenvalue weighted by Gasteiger charge is 2.30. The Hall–Kier alpha value is -3.54. The molecular weight excluding hydrogens is 376 g/mol. The van der Waals surface area contributed by atoms with Gasteiger partial charge in [0.2, 0.25) is 11.8 Å². The number of aromatic nitrogens is 2. The SMILES string of the molecule is CC(=O)Nc1cccc(CN2C(=O)Cc3cnc(-c4ccccc4C(C)C)nc32)c1. The predicted molar refractivity (Wildman–Crippen MR) is 117 cm³/mol. The molecule has 0 bridgehead atoms. The van der Waals surface area contributed by atoms with Crippen LogP contribution in [-0.2, 0) is 22.6 Å². The summed E-state index contributed by atoms with van der Waals surface area (Å²) in [5, 5.41) is 2.78. The van der Waals surface area contributed by atoms with E-state index in [4.69, 9.17) is 4.98 Å². The first kappa shape index (κ1) is 19.8. The maximum atomic E-state index is 12.7. The van der Waals surface area contributed by atoms with E-state index in [2.05, 4.69) is 30.2 Å². The fourth-order valence-corrected chi connectivity index (χ4v) is 3.76. The Morgan fingerprint density at radius 1 is 1.17 bits per heavy atom. The monoisotopic (exact) mass is 400 g/mol. The zero-order chi connectivity index (χ0) is 21.3. The van der Waals surface area contributed by atoms with Crippen molar-refractivity contribution in [2.75, 3.05) is 10.2 Å². The Balaban J connectivity index is 1.68. The summed E-state index contributed by atoms with van der Waals surface area (Å²) in [6.45, 7) is 6.15. The van der Waals surface area contributed by atoms with E-state index in [0.717, 1.165) is 16.7 Å². The molecule has 1 aromatic heterocycles. The van der Waals surface area contributed by atoms with E-state index in [1.165, 1.54) is 12.5 Å². The summed E-state index contributed by atoms with van der Waals surface area (Å²) in [6, 6.07) is 15.6. The number of amides is 2. The lowest BCUT2D eigenvalue weighted by atomic mass is 9.97. The normalized spacial score (nSPS) is 12.9. The molecule has 1 N–H and O–H groups in total. The van der Waals surface area contributed by atoms with Gasteiger partial charge in [0.25, 0.3) is 0 Å². The second kappa shape index (κ2) is 8.06. The van der Waals surface area contributed by atoms with Crippen LogP contribution >= 0.6 is 0 Å². The summed E-state index contributed by atoms with van der Waals surface area (Å²) in [6.07, 6.45) is 2.06. The van der Waals surface area contributed by atoms with Crippen molar-refractivity contribution < 1.29 is 9.59 Å². The van der Waals surface area contributed by atoms with Crippen molar-refractivity contribution in [1.82, 2.24) is 9.97 Å². The van der Waals surface area contributed by atoms with Crippen LogP contribution in [0.1, 0.15) is 43.4 Å². The van der Waals surface area contributed by atoms with Gasteiger partial charge in [-0.3, -0.25) is 14.5 Å². The third kappa shape index (κ3) is 3.94. The number of hydrogen-bond acceptors (Lipinski definition) is 4. The van der Waals surface area contributed by atoms with Gasteiger partial charge in [0.05, 0.1) is 13.0 Å². The van der Waals surface area contributed by atoms with Crippen LogP contribution in [0.3, 0.4) is 0 Å². The van der Waals surface area contributed by atoms with Crippen LogP contribution < -0.4 is 10.2 Å². The molecule has 0 saturated heterocycles. The average molecular weight is 400 g/mol. The summed E-state index contributed by atoms with van der Waals surface area (Å²) in [4.78, 5) is 35.1. The zero-order valence-corrected chi connectivity index (χ0v) is 17.3. The fraction of sp³-hybridized carbons (Fsp3) is 0.250. The van der Waals surface area contributed by atoms with Gasteiger partial charge in [-0.15, -0.1) is 0 Å². The largest absolute Gasteiger partial charge is 0.326 e. The number of nitrogens with one attached hydrogen (secondary N) is 1. The van der Waals surface area contributed by atoms with Crippen LogP contribution in [0, 0.1) is 0 Å². The van der Waals surface area contributed by atoms with Crippen molar-refractivity contribution in [3.63, 3.8) is 0 Å². The second-order valence-corrected chi connectivity index (χ2v) is 7.82. The minimum absolute atomic E-state index is 0.00137. The molecule has 0 fully saturated rings. The Bertz CT molecular complexity index is 1120. The van der Waals surface area contributed by atoms with E-state index in [0.29, 0.717) is 36.2 Å². The first-order valence-electron chi connectivity index (χ1n) is 10.0. The third-order valence-corrected chi connectivity index (χ3v) is 5.15. The number of anilines is 2. The van der Waals surface area contributed by atoms with Crippen LogP contribution in [0.5, 0.6) is 0 Å². The van der Waals surface area contributed by atoms with Crippen molar-refractivity contribution in [2.24, 2.45) is 0 Å². The Morgan fingerprint density at radius 3 is 2.73 bits per heavy atom. The van der Waals surface area contributed by atoms with Gasteiger partial charge < -0.3 is 5.32 Å². The number of rotatable bonds is 5. The fourth-order valence-electron chi connectivity index (χ4n) is 3.76. The average Bonchev–Trinajstić information content (AvgIpc) is 3.02. The van der Waals surface area contributed by atoms with Crippen LogP contribution in [0.25, 0.3) is 11.4 Å². The van der Waals surface area contributed by atoms with Crippen molar-refractivity contribution in [3.8, 4) is 11.4 Å². The van der Waals surface area contributed by atoms with E-state index in [1.807, 2.05) is 42.5 Å². The Morgan fingerprint density at radius 2 is 1.97 bits per heavy atom. The first-order chi connectivity index (χ1) is 14.4. The van der Waals surface area contributed by atoms with Gasteiger partial charge in [-0.05, 0) is 29.2 Å². The quantitative estimate of drug-likeness (QED) is 0.692. The molecule has 3 aromatic rings. The summed E-state index contributed by atoms with van der Waals surface area (Å²) < 4.78 is 0. The topological polar surface area (TPSA) is 75.2 Å². The van der Waals surface area contributed by atoms with Gasteiger partial charge in [-0.25, -0.2) is 9.97 Å². The van der Waals surface area contributed by atoms with E-state index in [9.17, 15) is 9.59 Å². The van der Waals surface area contributed by atoms with Crippen molar-refractivity contribution in [1.29, 1.82) is 0 Å². The van der Waals surface area contributed by atoms with E-state index in [-0.39, 0.29) is 11.8 Å². The number of fused-ring (bicyclic) bond motifs is 1. The summed E-state index contributed by atoms with van der Waals surface area (Å²) in [5.41, 5.74) is 4.63. The molecular formula is C24H24N4O2. The van der Waals surface area contributed by atoms with E-state index >= 15 is 0 Å². The standard InChI is InChI=1S/C24H24N4O2/c1-15(2)20-9-4-5-10-21(20)23-25-13-18-12-22(30)28(24(18)27-23)14-17-7-6-8-19(11-17)26-16(3)29/h4-11,13,15H,12,14H2,1-3H3,(H,26,29). The molecule has 0 saturated carbocycles. The van der Waals surface area contributed by atoms with Crippen molar-refractivity contribution >= 4 is 23.3 Å². The number of carbonyl (C=O) groups is 2. The van der Waals surface area contributed by atoms with E-state index < -0.39 is 0 Å². The molecule has 4 rings (SSSR count). The number of nitrogens with zero attached hydrogens (tertiary/aromatic N) is 3. The lowest BCUT2D eigenvalue weighted by molar-refractivity contribution is -0.117. The molecule has 1 aliphatic rings. The third-order valence-electron chi connectivity index (χ3n) is 5.15. The number of benzene rings is 2. The molecule has 0 radical (unpaired) electrons. The molecule has 6 nitrogen and oxygen atoms in total.